The van der Waals surface area contributed by atoms with Crippen LogP contribution >= 0.6 is 0 Å². The summed E-state index contributed by atoms with van der Waals surface area (Å²) in [5.74, 6) is 0. The molecule has 0 atom stereocenters. The van der Waals surface area contributed by atoms with Crippen molar-refractivity contribution in [3.05, 3.63) is 35.9 Å². The Morgan fingerprint density at radius 3 is 1.57 bits per heavy atom. The van der Waals surface area contributed by atoms with E-state index in [9.17, 15) is 0 Å². The van der Waals surface area contributed by atoms with Crippen molar-refractivity contribution in [2.45, 2.75) is 91.7 Å². The predicted octanol–water partition coefficient (Wildman–Crippen LogP) is 4.73. The topological polar surface area (TPSA) is 131 Å². The van der Waals surface area contributed by atoms with Gasteiger partial charge in [-0.1, -0.05) is 43.2 Å². The fourth-order valence-electron chi connectivity index (χ4n) is 4.68. The molecule has 0 saturated heterocycles. The molecule has 1 aromatic rings. The van der Waals surface area contributed by atoms with Gasteiger partial charge in [-0.05, 0) is 98.5 Å². The largest absolute Gasteiger partial charge is 0.501 e. The van der Waals surface area contributed by atoms with Gasteiger partial charge in [-0.25, -0.2) is 0 Å². The maximum atomic E-state index is 6.14. The zero-order valence-corrected chi connectivity index (χ0v) is 30.8. The van der Waals surface area contributed by atoms with Crippen LogP contribution in [0.1, 0.15) is 78.7 Å². The van der Waals surface area contributed by atoms with Crippen LogP contribution in [-0.4, -0.2) is 96.5 Å². The van der Waals surface area contributed by atoms with Crippen molar-refractivity contribution >= 4 is 17.6 Å². The highest BCUT2D eigenvalue weighted by atomic mass is 28.4. The molecule has 0 aliphatic rings. The summed E-state index contributed by atoms with van der Waals surface area (Å²) >= 11 is 0. The van der Waals surface area contributed by atoms with Gasteiger partial charge in [0, 0.05) is 64.8 Å². The van der Waals surface area contributed by atoms with Gasteiger partial charge in [-0.2, -0.15) is 0 Å². The van der Waals surface area contributed by atoms with Crippen molar-refractivity contribution in [1.82, 2.24) is 10.6 Å². The van der Waals surface area contributed by atoms with E-state index in [1.54, 1.807) is 0 Å². The maximum absolute atomic E-state index is 6.14. The highest BCUT2D eigenvalue weighted by Gasteiger charge is 2.40. The van der Waals surface area contributed by atoms with Gasteiger partial charge in [0.2, 0.25) is 0 Å². The summed E-state index contributed by atoms with van der Waals surface area (Å²) in [6.07, 6.45) is 7.76. The summed E-state index contributed by atoms with van der Waals surface area (Å²) < 4.78 is 35.6. The average molecular weight is 661 g/mol. The summed E-state index contributed by atoms with van der Waals surface area (Å²) in [4.78, 5) is 0. The smallest absolute Gasteiger partial charge is 0.374 e. The first-order valence-corrected chi connectivity index (χ1v) is 21.1. The summed E-state index contributed by atoms with van der Waals surface area (Å²) in [6, 6.07) is 12.1. The van der Waals surface area contributed by atoms with Crippen LogP contribution < -0.4 is 22.1 Å². The number of benzene rings is 1. The number of hydrogen-bond acceptors (Lipinski definition) is 10. The summed E-state index contributed by atoms with van der Waals surface area (Å²) in [5, 5.41) is 6.76. The van der Waals surface area contributed by atoms with Crippen LogP contribution in [0.5, 0.6) is 0 Å². The van der Waals surface area contributed by atoms with E-state index in [-0.39, 0.29) is 0 Å². The minimum absolute atomic E-state index is 0.617. The molecule has 6 N–H and O–H groups in total. The first-order chi connectivity index (χ1) is 21.5. The number of hydrogen-bond donors (Lipinski definition) is 4. The minimum Gasteiger partial charge on any atom is -0.374 e. The number of aryl methyl sites for hydroxylation is 1. The van der Waals surface area contributed by atoms with E-state index >= 15 is 0 Å². The summed E-state index contributed by atoms with van der Waals surface area (Å²) in [7, 11) is -5.03. The predicted molar refractivity (Wildman–Crippen MR) is 187 cm³/mol. The van der Waals surface area contributed by atoms with Crippen molar-refractivity contribution in [3.63, 3.8) is 0 Å². The van der Waals surface area contributed by atoms with Crippen molar-refractivity contribution in [2.75, 3.05) is 78.9 Å². The minimum atomic E-state index is -2.60. The Balaban J connectivity index is 0.000000845. The zero-order valence-electron chi connectivity index (χ0n) is 28.8. The molecule has 0 saturated carbocycles. The average Bonchev–Trinajstić information content (AvgIpc) is 3.02. The molecule has 0 fully saturated rings. The van der Waals surface area contributed by atoms with E-state index in [4.69, 9.17) is 38.0 Å². The third-order valence-corrected chi connectivity index (χ3v) is 12.8. The second-order valence-corrected chi connectivity index (χ2v) is 15.8. The second-order valence-electron chi connectivity index (χ2n) is 10.3. The van der Waals surface area contributed by atoms with Crippen LogP contribution in [0.15, 0.2) is 30.3 Å². The molecule has 0 unspecified atom stereocenters. The molecule has 12 heteroatoms. The molecular formula is C32H68N4O6Si2. The Hall–Kier alpha value is -0.746. The summed E-state index contributed by atoms with van der Waals surface area (Å²) in [6.45, 7) is 19.1. The highest BCUT2D eigenvalue weighted by Crippen LogP contribution is 2.20. The van der Waals surface area contributed by atoms with Crippen LogP contribution in [-0.2, 0) is 33.0 Å². The molecule has 1 rings (SSSR count). The summed E-state index contributed by atoms with van der Waals surface area (Å²) in [5.41, 5.74) is 12.2. The van der Waals surface area contributed by atoms with Gasteiger partial charge in [0.15, 0.2) is 0 Å². The van der Waals surface area contributed by atoms with Gasteiger partial charge in [-0.15, -0.1) is 0 Å². The van der Waals surface area contributed by atoms with E-state index in [0.29, 0.717) is 46.2 Å². The first-order valence-electron chi connectivity index (χ1n) is 17.2. The monoisotopic (exact) mass is 660 g/mol. The van der Waals surface area contributed by atoms with Gasteiger partial charge in [0.25, 0.3) is 0 Å². The fraction of sp³-hybridized carbons (Fsp3) is 0.812. The lowest BCUT2D eigenvalue weighted by Gasteiger charge is -2.29. The number of rotatable bonds is 30. The van der Waals surface area contributed by atoms with E-state index < -0.39 is 17.6 Å². The van der Waals surface area contributed by atoms with Gasteiger partial charge < -0.3 is 48.7 Å². The van der Waals surface area contributed by atoms with Crippen LogP contribution in [0.3, 0.4) is 0 Å². The molecule has 0 aliphatic heterocycles. The molecule has 0 spiro atoms. The molecule has 10 nitrogen and oxygen atoms in total. The number of unbranched alkanes of at least 4 members (excludes halogenated alkanes) is 3. The van der Waals surface area contributed by atoms with Crippen LogP contribution in [0.25, 0.3) is 0 Å². The van der Waals surface area contributed by atoms with Gasteiger partial charge in [0.05, 0.1) is 0 Å². The van der Waals surface area contributed by atoms with Gasteiger partial charge in [-0.3, -0.25) is 0 Å². The van der Waals surface area contributed by atoms with Crippen molar-refractivity contribution < 1.29 is 26.6 Å². The first kappa shape index (κ1) is 43.3. The third kappa shape index (κ3) is 22.7. The van der Waals surface area contributed by atoms with Gasteiger partial charge >= 0.3 is 17.6 Å². The molecule has 0 aromatic heterocycles. The Kier molecular flexibility index (Phi) is 30.4. The molecule has 44 heavy (non-hydrogen) atoms. The van der Waals surface area contributed by atoms with Crippen molar-refractivity contribution in [2.24, 2.45) is 11.5 Å². The van der Waals surface area contributed by atoms with E-state index in [0.717, 1.165) is 70.5 Å². The third-order valence-electron chi connectivity index (χ3n) is 6.67. The van der Waals surface area contributed by atoms with E-state index in [1.807, 2.05) is 40.7 Å². The standard InChI is InChI=1S/C17H32N2O3Si.C15H36N2O3Si/c1-3-20-23(21-4-2,22-15-8-13-19-14-12-18)16-11-17-9-6-5-7-10-17;1-4-18-21(19-5-2,20-6-3)15-11-14-17-13-10-8-7-9-12-16/h5-7,9-10,19H,3-4,8,11-16,18H2,1-2H3;17H,4-16H2,1-3H3. The van der Waals surface area contributed by atoms with Crippen LogP contribution in [0.2, 0.25) is 12.1 Å². The lowest BCUT2D eigenvalue weighted by atomic mass is 10.2. The van der Waals surface area contributed by atoms with Gasteiger partial charge in [0.1, 0.15) is 0 Å². The van der Waals surface area contributed by atoms with Crippen molar-refractivity contribution in [1.29, 1.82) is 0 Å². The second kappa shape index (κ2) is 30.9. The molecule has 260 valence electrons. The Morgan fingerprint density at radius 1 is 0.523 bits per heavy atom. The molecule has 1 aromatic carbocycles. The molecule has 0 radical (unpaired) electrons. The Bertz CT molecular complexity index is 704. The highest BCUT2D eigenvalue weighted by molar-refractivity contribution is 6.61. The Morgan fingerprint density at radius 2 is 1.02 bits per heavy atom. The molecular weight excluding hydrogens is 593 g/mol. The van der Waals surface area contributed by atoms with E-state index in [2.05, 4.69) is 34.9 Å². The maximum Gasteiger partial charge on any atom is 0.501 e. The Labute approximate surface area is 272 Å². The fourth-order valence-corrected chi connectivity index (χ4v) is 9.90. The molecule has 0 amide bonds. The molecule has 0 heterocycles. The lowest BCUT2D eigenvalue weighted by molar-refractivity contribution is 0.0662. The number of nitrogens with two attached hydrogens (primary N) is 2. The van der Waals surface area contributed by atoms with Crippen LogP contribution in [0, 0.1) is 0 Å². The normalized spacial score (nSPS) is 11.9. The number of nitrogens with one attached hydrogen (secondary N) is 2. The molecule has 0 bridgehead atoms. The SMILES string of the molecule is CCO[Si](CCCNCCCCCCN)(OCC)OCC.CCO[Si](CCc1ccccc1)(OCC)OCCCNCCN. The lowest BCUT2D eigenvalue weighted by Crippen LogP contribution is -2.46. The van der Waals surface area contributed by atoms with Crippen molar-refractivity contribution in [3.8, 4) is 0 Å². The van der Waals surface area contributed by atoms with E-state index in [1.165, 1.54) is 24.8 Å². The quantitative estimate of drug-likeness (QED) is 0.0679. The molecule has 0 aliphatic carbocycles. The van der Waals surface area contributed by atoms with Crippen LogP contribution in [0.4, 0.5) is 0 Å². The zero-order chi connectivity index (χ0) is 32.6.